The molecule has 4 rings (SSSR count). The summed E-state index contributed by atoms with van der Waals surface area (Å²) >= 11 is 0. The van der Waals surface area contributed by atoms with Crippen molar-refractivity contribution in [1.29, 1.82) is 0 Å². The molecule has 0 heterocycles. The minimum absolute atomic E-state index is 0. The number of halogens is 3. The second-order valence-corrected chi connectivity index (χ2v) is 8.07. The minimum Gasteiger partial charge on any atom is -0.168 e. The predicted octanol–water partition coefficient (Wildman–Crippen LogP) is 8.20. The van der Waals surface area contributed by atoms with Crippen LogP contribution < -0.4 is 0 Å². The van der Waals surface area contributed by atoms with Crippen molar-refractivity contribution in [3.8, 4) is 0 Å². The van der Waals surface area contributed by atoms with Gasteiger partial charge in [0, 0.05) is 27.1 Å². The maximum Gasteiger partial charge on any atom is 0.0164 e. The average molecular weight is 495 g/mol. The second kappa shape index (κ2) is 11.5. The van der Waals surface area contributed by atoms with Crippen LogP contribution in [-0.4, -0.2) is 0 Å². The maximum absolute atomic E-state index is 2.36. The van der Waals surface area contributed by atoms with Crippen LogP contribution in [0, 0.1) is 5.41 Å². The van der Waals surface area contributed by atoms with Crippen molar-refractivity contribution in [2.24, 2.45) is 5.41 Å². The Morgan fingerprint density at radius 2 is 1.00 bits per heavy atom. The third-order valence-corrected chi connectivity index (χ3v) is 5.62. The molecule has 158 valence electrons. The monoisotopic (exact) mass is 493 g/mol. The van der Waals surface area contributed by atoms with Crippen LogP contribution >= 0.6 is 37.2 Å². The van der Waals surface area contributed by atoms with Gasteiger partial charge in [0.2, 0.25) is 0 Å². The molecule has 0 N–H and O–H groups in total. The van der Waals surface area contributed by atoms with Crippen molar-refractivity contribution >= 4 is 48.0 Å². The number of fused-ring (bicyclic) bond motifs is 1. The van der Waals surface area contributed by atoms with Crippen LogP contribution in [0.2, 0.25) is 0 Å². The summed E-state index contributed by atoms with van der Waals surface area (Å²) in [4.78, 5) is 0. The normalized spacial score (nSPS) is 10.8. The van der Waals surface area contributed by atoms with Crippen molar-refractivity contribution in [2.75, 3.05) is 0 Å². The predicted molar refractivity (Wildman–Crippen MR) is 134 cm³/mol. The van der Waals surface area contributed by atoms with Gasteiger partial charge in [0.1, 0.15) is 0 Å². The van der Waals surface area contributed by atoms with Gasteiger partial charge in [0.15, 0.2) is 0 Å². The van der Waals surface area contributed by atoms with Gasteiger partial charge in [-0.05, 0) is 16.5 Å². The van der Waals surface area contributed by atoms with Gasteiger partial charge in [-0.2, -0.15) is 6.07 Å². The number of hydrogen-bond acceptors (Lipinski definition) is 0. The summed E-state index contributed by atoms with van der Waals surface area (Å²) in [5.74, 6) is 0. The Morgan fingerprint density at radius 1 is 0.567 bits per heavy atom. The number of hydrogen-bond donors (Lipinski definition) is 0. The van der Waals surface area contributed by atoms with Gasteiger partial charge in [-0.1, -0.05) is 87.5 Å². The van der Waals surface area contributed by atoms with Crippen LogP contribution in [0.4, 0.5) is 0 Å². The van der Waals surface area contributed by atoms with Crippen molar-refractivity contribution in [3.05, 3.63) is 114 Å². The van der Waals surface area contributed by atoms with Gasteiger partial charge < -0.3 is 0 Å². The van der Waals surface area contributed by atoms with Crippen LogP contribution in [0.1, 0.15) is 37.5 Å². The topological polar surface area (TPSA) is 0 Å². The van der Waals surface area contributed by atoms with Crippen molar-refractivity contribution in [2.45, 2.75) is 26.2 Å². The molecule has 4 aromatic rings. The van der Waals surface area contributed by atoms with Crippen LogP contribution in [0.15, 0.2) is 97.1 Å². The van der Waals surface area contributed by atoms with Crippen molar-refractivity contribution in [3.63, 3.8) is 0 Å². The van der Waals surface area contributed by atoms with Crippen LogP contribution in [-0.2, 0) is 27.1 Å². The Kier molecular flexibility index (Phi) is 11.0. The van der Waals surface area contributed by atoms with E-state index < -0.39 is 0 Å². The quantitative estimate of drug-likeness (QED) is 0.199. The first-order valence-electron chi connectivity index (χ1n) is 9.31. The maximum atomic E-state index is 2.36. The molecule has 0 radical (unpaired) electrons. The smallest absolute Gasteiger partial charge is 0.0164 e. The van der Waals surface area contributed by atoms with E-state index in [2.05, 4.69) is 118 Å². The van der Waals surface area contributed by atoms with Gasteiger partial charge in [-0.15, -0.1) is 77.8 Å². The van der Waals surface area contributed by atoms with E-state index in [1.165, 1.54) is 27.5 Å². The summed E-state index contributed by atoms with van der Waals surface area (Å²) in [7, 11) is 0. The molecule has 0 fully saturated rings. The first-order valence-corrected chi connectivity index (χ1v) is 9.31. The van der Waals surface area contributed by atoms with Gasteiger partial charge >= 0.3 is 0 Å². The molecule has 0 unspecified atom stereocenters. The molecule has 0 saturated carbocycles. The molecule has 30 heavy (non-hydrogen) atoms. The molecule has 0 aliphatic heterocycles. The molecule has 0 amide bonds. The van der Waals surface area contributed by atoms with Gasteiger partial charge in [0.05, 0.1) is 0 Å². The summed E-state index contributed by atoms with van der Waals surface area (Å²) in [6, 6.07) is 35.3. The molecule has 0 aliphatic carbocycles. The number of benzene rings is 3. The third-order valence-electron chi connectivity index (χ3n) is 5.62. The van der Waals surface area contributed by atoms with Gasteiger partial charge in [-0.25, -0.2) is 0 Å². The first-order chi connectivity index (χ1) is 12.5. The summed E-state index contributed by atoms with van der Waals surface area (Å²) in [5.41, 5.74) is 3.84. The largest absolute Gasteiger partial charge is 0.168 e. The second-order valence-electron chi connectivity index (χ2n) is 8.07. The molecular formula is C26H28Cl3Ti-. The van der Waals surface area contributed by atoms with Gasteiger partial charge in [0.25, 0.3) is 0 Å². The summed E-state index contributed by atoms with van der Waals surface area (Å²) in [5, 5.41) is 2.65. The molecule has 0 bridgehead atoms. The fourth-order valence-electron chi connectivity index (χ4n) is 4.60. The Hall–Kier alpha value is -1.15. The van der Waals surface area contributed by atoms with Crippen LogP contribution in [0.25, 0.3) is 10.8 Å². The summed E-state index contributed by atoms with van der Waals surface area (Å²) < 4.78 is 0. The molecule has 4 heteroatoms. The Morgan fingerprint density at radius 3 is 1.47 bits per heavy atom. The first kappa shape index (κ1) is 28.9. The minimum atomic E-state index is -0.224. The summed E-state index contributed by atoms with van der Waals surface area (Å²) in [6.45, 7) is 7.07. The van der Waals surface area contributed by atoms with Crippen molar-refractivity contribution in [1.82, 2.24) is 0 Å². The SMILES string of the molecule is CC(C)(C)C(c1ccccc1)(c1ccccc1)[c-]1ccc2ccccc21.Cl.Cl.Cl.[Ti]. The van der Waals surface area contributed by atoms with E-state index in [1.807, 2.05) is 0 Å². The van der Waals surface area contributed by atoms with E-state index >= 15 is 0 Å². The molecule has 4 aromatic carbocycles. The Labute approximate surface area is 214 Å². The van der Waals surface area contributed by atoms with Crippen LogP contribution in [0.3, 0.4) is 0 Å². The molecule has 0 aliphatic rings. The number of rotatable bonds is 3. The summed E-state index contributed by atoms with van der Waals surface area (Å²) in [6.07, 6.45) is 0. The third kappa shape index (κ3) is 4.69. The average Bonchev–Trinajstić information content (AvgIpc) is 3.08. The van der Waals surface area contributed by atoms with E-state index in [4.69, 9.17) is 0 Å². The fourth-order valence-corrected chi connectivity index (χ4v) is 4.60. The fraction of sp³-hybridized carbons (Fsp3) is 0.192. The molecule has 0 saturated heterocycles. The van der Waals surface area contributed by atoms with Gasteiger partial charge in [-0.3, -0.25) is 0 Å². The molecule has 0 aromatic heterocycles. The molecular weight excluding hydrogens is 467 g/mol. The van der Waals surface area contributed by atoms with E-state index in [0.29, 0.717) is 0 Å². The van der Waals surface area contributed by atoms with Crippen molar-refractivity contribution < 1.29 is 21.7 Å². The van der Waals surface area contributed by atoms with E-state index in [-0.39, 0.29) is 69.8 Å². The Bertz CT molecular complexity index is 979. The molecule has 0 atom stereocenters. The molecule has 0 nitrogen and oxygen atoms in total. The Balaban J connectivity index is 0.00000210. The zero-order chi connectivity index (χ0) is 18.2. The van der Waals surface area contributed by atoms with E-state index in [0.717, 1.165) is 0 Å². The standard InChI is InChI=1S/C26H25.3ClH.Ti/c1-25(2,3)26(21-13-6-4-7-14-21,22-15-8-5-9-16-22)24-19-18-20-12-10-11-17-23(20)24;;;;/h4-19H,1-3H3;3*1H;/q-1;;;;. The van der Waals surface area contributed by atoms with E-state index in [9.17, 15) is 0 Å². The van der Waals surface area contributed by atoms with E-state index in [1.54, 1.807) is 0 Å². The zero-order valence-electron chi connectivity index (χ0n) is 17.5. The van der Waals surface area contributed by atoms with Crippen LogP contribution in [0.5, 0.6) is 0 Å². The molecule has 0 spiro atoms. The zero-order valence-corrected chi connectivity index (χ0v) is 21.5.